The van der Waals surface area contributed by atoms with Crippen LogP contribution in [0.2, 0.25) is 5.02 Å². The van der Waals surface area contributed by atoms with Crippen molar-refractivity contribution in [2.45, 2.75) is 19.0 Å². The zero-order chi connectivity index (χ0) is 21.8. The van der Waals surface area contributed by atoms with Gasteiger partial charge < -0.3 is 4.90 Å². The normalized spacial score (nSPS) is 15.0. The second-order valence-electron chi connectivity index (χ2n) is 7.42. The van der Waals surface area contributed by atoms with Crippen LogP contribution in [0.4, 0.5) is 24.7 Å². The molecule has 156 valence electrons. The van der Waals surface area contributed by atoms with E-state index in [9.17, 15) is 13.2 Å². The highest BCUT2D eigenvalue weighted by molar-refractivity contribution is 6.31. The number of nitrogens with zero attached hydrogens (tertiary/aromatic N) is 6. The van der Waals surface area contributed by atoms with Gasteiger partial charge in [0.2, 0.25) is 0 Å². The molecule has 0 aliphatic heterocycles. The highest BCUT2D eigenvalue weighted by atomic mass is 35.5. The third-order valence-electron chi connectivity index (χ3n) is 5.36. The van der Waals surface area contributed by atoms with Crippen LogP contribution in [-0.2, 0) is 0 Å². The van der Waals surface area contributed by atoms with Crippen molar-refractivity contribution in [3.05, 3.63) is 53.6 Å². The standard InChI is InChI=1S/C21H14ClF3N6/c1-30(15-8-13(10-26-11-15)4-5-20(6-7-20)21(23,24)25)18-16-3-2-14(22)9-17(16)31-12-27-29-19(31)28-18/h2-3,8-12H,6-7H2,1H3. The molecule has 1 fully saturated rings. The molecule has 0 atom stereocenters. The van der Waals surface area contributed by atoms with Crippen LogP contribution >= 0.6 is 11.6 Å². The number of benzene rings is 1. The molecule has 10 heteroatoms. The van der Waals surface area contributed by atoms with E-state index in [0.717, 1.165) is 10.9 Å². The Morgan fingerprint density at radius 1 is 1.19 bits per heavy atom. The molecule has 3 heterocycles. The zero-order valence-corrected chi connectivity index (χ0v) is 16.9. The average Bonchev–Trinajstić information content (AvgIpc) is 3.41. The molecule has 0 unspecified atom stereocenters. The average molecular weight is 443 g/mol. The van der Waals surface area contributed by atoms with Crippen LogP contribution in [0.15, 0.2) is 43.0 Å². The molecular weight excluding hydrogens is 429 g/mol. The van der Waals surface area contributed by atoms with Crippen LogP contribution in [0, 0.1) is 17.3 Å². The van der Waals surface area contributed by atoms with E-state index in [0.29, 0.717) is 27.9 Å². The van der Waals surface area contributed by atoms with Gasteiger partial charge in [0.1, 0.15) is 17.6 Å². The van der Waals surface area contributed by atoms with E-state index in [-0.39, 0.29) is 12.8 Å². The predicted molar refractivity (Wildman–Crippen MR) is 110 cm³/mol. The van der Waals surface area contributed by atoms with Crippen molar-refractivity contribution in [1.29, 1.82) is 0 Å². The van der Waals surface area contributed by atoms with Gasteiger partial charge in [-0.25, -0.2) is 0 Å². The Morgan fingerprint density at radius 3 is 2.74 bits per heavy atom. The van der Waals surface area contributed by atoms with Crippen LogP contribution in [0.3, 0.4) is 0 Å². The summed E-state index contributed by atoms with van der Waals surface area (Å²) in [5.41, 5.74) is -0.0915. The van der Waals surface area contributed by atoms with Crippen molar-refractivity contribution in [3.8, 4) is 11.8 Å². The molecule has 0 N–H and O–H groups in total. The number of hydrogen-bond acceptors (Lipinski definition) is 5. The molecule has 1 aliphatic carbocycles. The third kappa shape index (κ3) is 3.33. The van der Waals surface area contributed by atoms with Gasteiger partial charge in [0.05, 0.1) is 17.4 Å². The fourth-order valence-corrected chi connectivity index (χ4v) is 3.54. The Morgan fingerprint density at radius 2 is 2.00 bits per heavy atom. The quantitative estimate of drug-likeness (QED) is 0.418. The van der Waals surface area contributed by atoms with E-state index in [1.54, 1.807) is 47.1 Å². The molecule has 0 amide bonds. The van der Waals surface area contributed by atoms with Gasteiger partial charge in [-0.15, -0.1) is 10.2 Å². The number of alkyl halides is 3. The number of hydrogen-bond donors (Lipinski definition) is 0. The lowest BCUT2D eigenvalue weighted by Gasteiger charge is -2.20. The van der Waals surface area contributed by atoms with Gasteiger partial charge in [-0.1, -0.05) is 23.4 Å². The Labute approximate surface area is 179 Å². The maximum atomic E-state index is 13.1. The number of aromatic nitrogens is 5. The van der Waals surface area contributed by atoms with E-state index in [1.807, 2.05) is 6.07 Å². The number of pyridine rings is 1. The summed E-state index contributed by atoms with van der Waals surface area (Å²) >= 11 is 6.17. The number of fused-ring (bicyclic) bond motifs is 3. The molecule has 31 heavy (non-hydrogen) atoms. The summed E-state index contributed by atoms with van der Waals surface area (Å²) in [6.45, 7) is 0. The van der Waals surface area contributed by atoms with Gasteiger partial charge in [-0.05, 0) is 37.1 Å². The third-order valence-corrected chi connectivity index (χ3v) is 5.60. The molecule has 1 saturated carbocycles. The minimum atomic E-state index is -4.32. The molecule has 5 rings (SSSR count). The Hall–Kier alpha value is -3.38. The first-order chi connectivity index (χ1) is 14.8. The Balaban J connectivity index is 1.56. The molecule has 3 aromatic heterocycles. The largest absolute Gasteiger partial charge is 0.405 e. The predicted octanol–water partition coefficient (Wildman–Crippen LogP) is 4.79. The highest BCUT2D eigenvalue weighted by Crippen LogP contribution is 2.57. The van der Waals surface area contributed by atoms with Gasteiger partial charge in [-0.3, -0.25) is 9.38 Å². The summed E-state index contributed by atoms with van der Waals surface area (Å²) in [5.74, 6) is 6.02. The second-order valence-corrected chi connectivity index (χ2v) is 7.85. The highest BCUT2D eigenvalue weighted by Gasteiger charge is 2.62. The molecular formula is C21H14ClF3N6. The summed E-state index contributed by atoms with van der Waals surface area (Å²) in [6.07, 6.45) is 0.348. The van der Waals surface area contributed by atoms with Gasteiger partial charge in [-0.2, -0.15) is 18.2 Å². The zero-order valence-electron chi connectivity index (χ0n) is 16.2. The van der Waals surface area contributed by atoms with E-state index in [4.69, 9.17) is 11.6 Å². The Kier molecular flexibility index (Phi) is 4.31. The Bertz CT molecular complexity index is 1380. The molecule has 1 aliphatic rings. The SMILES string of the molecule is CN(c1cncc(C#CC2(C(F)(F)F)CC2)c1)c1nc2nncn2c2cc(Cl)ccc12. The second kappa shape index (κ2) is 6.82. The van der Waals surface area contributed by atoms with Gasteiger partial charge in [0.15, 0.2) is 0 Å². The minimum absolute atomic E-state index is 0.0351. The lowest BCUT2D eigenvalue weighted by molar-refractivity contribution is -0.168. The molecule has 1 aromatic carbocycles. The van der Waals surface area contributed by atoms with Crippen LogP contribution in [-0.4, -0.2) is 37.8 Å². The number of halogens is 4. The van der Waals surface area contributed by atoms with Gasteiger partial charge in [0, 0.05) is 29.2 Å². The monoisotopic (exact) mass is 442 g/mol. The minimum Gasteiger partial charge on any atom is -0.327 e. The fraction of sp³-hybridized carbons (Fsp3) is 0.238. The smallest absolute Gasteiger partial charge is 0.327 e. The van der Waals surface area contributed by atoms with Crippen LogP contribution in [0.1, 0.15) is 18.4 Å². The lowest BCUT2D eigenvalue weighted by Crippen LogP contribution is -2.22. The summed E-state index contributed by atoms with van der Waals surface area (Å²) in [5, 5.41) is 9.29. The van der Waals surface area contributed by atoms with Crippen molar-refractivity contribution in [2.75, 3.05) is 11.9 Å². The van der Waals surface area contributed by atoms with Gasteiger partial charge in [0.25, 0.3) is 5.78 Å². The lowest BCUT2D eigenvalue weighted by atomic mass is 10.1. The fourth-order valence-electron chi connectivity index (χ4n) is 3.38. The molecule has 6 nitrogen and oxygen atoms in total. The number of anilines is 2. The first-order valence-electron chi connectivity index (χ1n) is 9.35. The summed E-state index contributed by atoms with van der Waals surface area (Å²) in [4.78, 5) is 10.5. The van der Waals surface area contributed by atoms with E-state index >= 15 is 0 Å². The molecule has 0 bridgehead atoms. The molecule has 0 saturated heterocycles. The molecule has 0 radical (unpaired) electrons. The maximum Gasteiger partial charge on any atom is 0.405 e. The topological polar surface area (TPSA) is 59.2 Å². The first kappa shape index (κ1) is 19.6. The van der Waals surface area contributed by atoms with Crippen LogP contribution in [0.5, 0.6) is 0 Å². The van der Waals surface area contributed by atoms with Crippen molar-refractivity contribution in [2.24, 2.45) is 5.41 Å². The van der Waals surface area contributed by atoms with E-state index < -0.39 is 11.6 Å². The first-order valence-corrected chi connectivity index (χ1v) is 9.73. The van der Waals surface area contributed by atoms with E-state index in [2.05, 4.69) is 32.0 Å². The molecule has 0 spiro atoms. The summed E-state index contributed by atoms with van der Waals surface area (Å²) < 4.78 is 41.2. The summed E-state index contributed by atoms with van der Waals surface area (Å²) in [6, 6.07) is 7.07. The van der Waals surface area contributed by atoms with Crippen molar-refractivity contribution in [1.82, 2.24) is 24.6 Å². The van der Waals surface area contributed by atoms with Gasteiger partial charge >= 0.3 is 6.18 Å². The van der Waals surface area contributed by atoms with Crippen LogP contribution < -0.4 is 4.90 Å². The van der Waals surface area contributed by atoms with Crippen LogP contribution in [0.25, 0.3) is 16.7 Å². The molecule has 4 aromatic rings. The van der Waals surface area contributed by atoms with Crippen molar-refractivity contribution in [3.63, 3.8) is 0 Å². The summed E-state index contributed by atoms with van der Waals surface area (Å²) in [7, 11) is 1.79. The van der Waals surface area contributed by atoms with Crippen molar-refractivity contribution < 1.29 is 13.2 Å². The van der Waals surface area contributed by atoms with E-state index in [1.165, 1.54) is 6.20 Å². The number of rotatable bonds is 2. The van der Waals surface area contributed by atoms with Crippen molar-refractivity contribution >= 4 is 39.8 Å². The maximum absolute atomic E-state index is 13.1.